The van der Waals surface area contributed by atoms with E-state index in [0.717, 1.165) is 68.8 Å². The highest BCUT2D eigenvalue weighted by Crippen LogP contribution is 2.36. The fraction of sp³-hybridized carbons (Fsp3) is 0.512. The summed E-state index contributed by atoms with van der Waals surface area (Å²) in [5.74, 6) is -0.00352. The van der Waals surface area contributed by atoms with Gasteiger partial charge in [0.15, 0.2) is 17.3 Å². The number of piperidine rings is 2. The van der Waals surface area contributed by atoms with Crippen molar-refractivity contribution in [2.24, 2.45) is 5.73 Å². The average Bonchev–Trinajstić information content (AvgIpc) is 3.60. The lowest BCUT2D eigenvalue weighted by Crippen LogP contribution is -2.55. The molecule has 1 atom stereocenters. The van der Waals surface area contributed by atoms with Gasteiger partial charge in [-0.15, -0.1) is 0 Å². The fourth-order valence-corrected chi connectivity index (χ4v) is 9.06. The minimum atomic E-state index is -0.668. The molecule has 5 aliphatic heterocycles. The third-order valence-corrected chi connectivity index (χ3v) is 12.5. The lowest BCUT2D eigenvalue weighted by Gasteiger charge is -2.43. The first-order valence-corrected chi connectivity index (χ1v) is 21.4. The van der Waals surface area contributed by atoms with Crippen LogP contribution in [0.25, 0.3) is 0 Å². The molecular formula is C43H55N11O7. The van der Waals surface area contributed by atoms with Crippen molar-refractivity contribution in [3.63, 3.8) is 0 Å². The monoisotopic (exact) mass is 837 g/mol. The molecule has 61 heavy (non-hydrogen) atoms. The van der Waals surface area contributed by atoms with E-state index in [1.54, 1.807) is 19.2 Å². The van der Waals surface area contributed by atoms with Crippen molar-refractivity contribution in [1.82, 2.24) is 30.0 Å². The van der Waals surface area contributed by atoms with E-state index in [9.17, 15) is 24.0 Å². The molecule has 2 aromatic carbocycles. The quantitative estimate of drug-likeness (QED) is 0.157. The third kappa shape index (κ3) is 9.19. The minimum Gasteiger partial charge on any atom is -0.495 e. The van der Waals surface area contributed by atoms with E-state index in [2.05, 4.69) is 36.1 Å². The van der Waals surface area contributed by atoms with Crippen LogP contribution in [0.1, 0.15) is 77.6 Å². The summed E-state index contributed by atoms with van der Waals surface area (Å²) in [6.07, 6.45) is 4.78. The van der Waals surface area contributed by atoms with Crippen molar-refractivity contribution in [1.29, 1.82) is 0 Å². The fourth-order valence-electron chi connectivity index (χ4n) is 9.06. The molecule has 4 saturated heterocycles. The van der Waals surface area contributed by atoms with Gasteiger partial charge in [0, 0.05) is 101 Å². The zero-order valence-corrected chi connectivity index (χ0v) is 34.8. The molecule has 3 aromatic rings. The second-order valence-electron chi connectivity index (χ2n) is 16.2. The van der Waals surface area contributed by atoms with Crippen LogP contribution in [0.3, 0.4) is 0 Å². The second-order valence-corrected chi connectivity index (χ2v) is 16.2. The second kappa shape index (κ2) is 18.3. The number of nitrogens with one attached hydrogen (secondary N) is 4. The number of anilines is 5. The van der Waals surface area contributed by atoms with Crippen molar-refractivity contribution in [3.05, 3.63) is 58.9 Å². The number of rotatable bonds is 13. The molecule has 6 heterocycles. The molecule has 1 unspecified atom stereocenters. The van der Waals surface area contributed by atoms with Crippen molar-refractivity contribution in [2.75, 3.05) is 87.0 Å². The number of ether oxygens (including phenoxy) is 2. The summed E-state index contributed by atoms with van der Waals surface area (Å²) in [5, 5.41) is 12.4. The molecule has 18 heteroatoms. The molecule has 0 aliphatic carbocycles. The Morgan fingerprint density at radius 2 is 1.67 bits per heavy atom. The molecular weight excluding hydrogens is 783 g/mol. The van der Waals surface area contributed by atoms with E-state index >= 15 is 0 Å². The summed E-state index contributed by atoms with van der Waals surface area (Å²) in [6.45, 7) is 8.38. The topological polar surface area (TPSA) is 217 Å². The number of fused-ring (bicyclic) bond motifs is 1. The van der Waals surface area contributed by atoms with E-state index in [4.69, 9.17) is 20.2 Å². The summed E-state index contributed by atoms with van der Waals surface area (Å²) in [5.41, 5.74) is 10.3. The molecule has 0 spiro atoms. The van der Waals surface area contributed by atoms with Gasteiger partial charge in [0.1, 0.15) is 11.8 Å². The molecule has 5 amide bonds. The normalized spacial score (nSPS) is 20.3. The van der Waals surface area contributed by atoms with Gasteiger partial charge in [-0.3, -0.25) is 34.2 Å². The number of benzene rings is 2. The van der Waals surface area contributed by atoms with Crippen LogP contribution < -0.4 is 36.6 Å². The Labute approximate surface area is 354 Å². The molecule has 8 rings (SSSR count). The maximum atomic E-state index is 13.3. The van der Waals surface area contributed by atoms with Crippen LogP contribution >= 0.6 is 0 Å². The number of hydrogen-bond donors (Lipinski definition) is 5. The number of nitrogens with two attached hydrogens (primary N) is 1. The zero-order valence-electron chi connectivity index (χ0n) is 34.8. The SMILES string of the molecule is CCc1nc(C(N)=O)c(Nc2ccc(N3CCC(N4CCN(C(=O)CNc5ccc6c(c5)CN(C5CCC(=O)NC5=O)C6=O)CC4)CC3)c(OC)c2)nc1NC1CCOCC1. The Hall–Kier alpha value is -6.01. The van der Waals surface area contributed by atoms with Gasteiger partial charge < -0.3 is 45.9 Å². The van der Waals surface area contributed by atoms with Crippen molar-refractivity contribution in [2.45, 2.75) is 76.5 Å². The van der Waals surface area contributed by atoms with Crippen LogP contribution in [0.15, 0.2) is 36.4 Å². The highest BCUT2D eigenvalue weighted by atomic mass is 16.5. The molecule has 0 radical (unpaired) electrons. The van der Waals surface area contributed by atoms with Crippen LogP contribution in [0.4, 0.5) is 28.7 Å². The van der Waals surface area contributed by atoms with Crippen LogP contribution in [0.5, 0.6) is 5.75 Å². The van der Waals surface area contributed by atoms with E-state index in [1.807, 2.05) is 36.1 Å². The lowest BCUT2D eigenvalue weighted by atomic mass is 10.0. The Morgan fingerprint density at radius 1 is 0.918 bits per heavy atom. The van der Waals surface area contributed by atoms with E-state index < -0.39 is 17.9 Å². The highest BCUT2D eigenvalue weighted by molar-refractivity contribution is 6.05. The third-order valence-electron chi connectivity index (χ3n) is 12.5. The maximum absolute atomic E-state index is 13.3. The standard InChI is InChI=1S/C43H55N11O7/c1-3-32-40(46-27-12-20-61-21-13-27)50-41(38(48-32)39(44)57)47-29-5-7-33(35(23-29)60-2)52-14-10-30(11-15-52)51-16-18-53(19-17-51)37(56)24-45-28-4-6-31-26(22-28)25-54(43(31)59)34-8-9-36(55)49-42(34)58/h4-7,22-23,27,30,34,45H,3,8-21,24-25H2,1-2H3,(H2,44,57)(H2,46,47,50)(H,49,55,58). The first-order chi connectivity index (χ1) is 29.6. The smallest absolute Gasteiger partial charge is 0.271 e. The Morgan fingerprint density at radius 3 is 2.38 bits per heavy atom. The zero-order chi connectivity index (χ0) is 42.6. The van der Waals surface area contributed by atoms with Gasteiger partial charge in [-0.25, -0.2) is 9.97 Å². The van der Waals surface area contributed by atoms with Crippen molar-refractivity contribution < 1.29 is 33.4 Å². The summed E-state index contributed by atoms with van der Waals surface area (Å²) in [4.78, 5) is 80.5. The van der Waals surface area contributed by atoms with Gasteiger partial charge in [-0.05, 0) is 74.4 Å². The maximum Gasteiger partial charge on any atom is 0.271 e. The average molecular weight is 838 g/mol. The summed E-state index contributed by atoms with van der Waals surface area (Å²) in [6, 6.07) is 11.2. The number of piperazine rings is 1. The first-order valence-electron chi connectivity index (χ1n) is 21.4. The van der Waals surface area contributed by atoms with Crippen molar-refractivity contribution in [3.8, 4) is 5.75 Å². The Kier molecular flexibility index (Phi) is 12.5. The minimum absolute atomic E-state index is 0.0178. The first kappa shape index (κ1) is 41.7. The molecule has 6 N–H and O–H groups in total. The number of carbonyl (C=O) groups is 5. The molecule has 18 nitrogen and oxygen atoms in total. The predicted molar refractivity (Wildman–Crippen MR) is 228 cm³/mol. The number of nitrogens with zero attached hydrogens (tertiary/aromatic N) is 6. The van der Waals surface area contributed by atoms with E-state index in [1.165, 1.54) is 4.90 Å². The number of aryl methyl sites for hydroxylation is 1. The number of hydrogen-bond acceptors (Lipinski definition) is 14. The van der Waals surface area contributed by atoms with Crippen molar-refractivity contribution >= 4 is 58.2 Å². The van der Waals surface area contributed by atoms with Gasteiger partial charge in [0.2, 0.25) is 17.7 Å². The highest BCUT2D eigenvalue weighted by Gasteiger charge is 2.39. The molecule has 324 valence electrons. The van der Waals surface area contributed by atoms with Gasteiger partial charge >= 0.3 is 0 Å². The summed E-state index contributed by atoms with van der Waals surface area (Å²) >= 11 is 0. The summed E-state index contributed by atoms with van der Waals surface area (Å²) in [7, 11) is 1.65. The van der Waals surface area contributed by atoms with Gasteiger partial charge in [-0.1, -0.05) is 6.92 Å². The summed E-state index contributed by atoms with van der Waals surface area (Å²) < 4.78 is 11.4. The van der Waals surface area contributed by atoms with E-state index in [-0.39, 0.29) is 54.8 Å². The van der Waals surface area contributed by atoms with Gasteiger partial charge in [0.25, 0.3) is 11.8 Å². The molecule has 0 bridgehead atoms. The molecule has 5 aliphatic rings. The number of primary amides is 1. The Balaban J connectivity index is 0.814. The lowest BCUT2D eigenvalue weighted by molar-refractivity contribution is -0.137. The molecule has 4 fully saturated rings. The predicted octanol–water partition coefficient (Wildman–Crippen LogP) is 2.47. The Bertz CT molecular complexity index is 2160. The van der Waals surface area contributed by atoms with Crippen LogP contribution in [-0.2, 0) is 32.1 Å². The largest absolute Gasteiger partial charge is 0.495 e. The molecule has 1 aromatic heterocycles. The van der Waals surface area contributed by atoms with Crippen LogP contribution in [0, 0.1) is 0 Å². The number of methoxy groups -OCH3 is 1. The van der Waals surface area contributed by atoms with Gasteiger partial charge in [0.05, 0.1) is 25.0 Å². The van der Waals surface area contributed by atoms with Gasteiger partial charge in [-0.2, -0.15) is 0 Å². The van der Waals surface area contributed by atoms with Crippen LogP contribution in [0.2, 0.25) is 0 Å². The van der Waals surface area contributed by atoms with E-state index in [0.29, 0.717) is 73.7 Å². The number of imide groups is 1. The number of aromatic nitrogens is 2. The van der Waals surface area contributed by atoms with Crippen LogP contribution in [-0.4, -0.2) is 138 Å². The number of carbonyl (C=O) groups excluding carboxylic acids is 5. The molecule has 0 saturated carbocycles. The number of amides is 5.